The van der Waals surface area contributed by atoms with Gasteiger partial charge in [0, 0.05) is 0 Å². The van der Waals surface area contributed by atoms with E-state index in [1.807, 2.05) is 0 Å². The summed E-state index contributed by atoms with van der Waals surface area (Å²) in [5.74, 6) is 0. The maximum atomic E-state index is 4.62. The highest BCUT2D eigenvalue weighted by molar-refractivity contribution is 8.93. The monoisotopic (exact) mass is 881 g/mol. The van der Waals surface area contributed by atoms with E-state index in [2.05, 4.69) is 103 Å². The second-order valence-corrected chi connectivity index (χ2v) is 14.2. The minimum atomic E-state index is 0. The van der Waals surface area contributed by atoms with Crippen molar-refractivity contribution in [1.29, 1.82) is 0 Å². The van der Waals surface area contributed by atoms with Crippen LogP contribution in [0.3, 0.4) is 0 Å². The van der Waals surface area contributed by atoms with Crippen LogP contribution in [0.1, 0.15) is 261 Å². The second-order valence-electron chi connectivity index (χ2n) is 13.3. The van der Waals surface area contributed by atoms with Crippen molar-refractivity contribution >= 4 is 68.6 Å². The molecule has 0 saturated heterocycles. The summed E-state index contributed by atoms with van der Waals surface area (Å²) in [5.41, 5.74) is 18.5. The molecule has 0 heterocycles. The van der Waals surface area contributed by atoms with Crippen LogP contribution in [0.2, 0.25) is 0 Å². The standard InChI is InChI=1S/4C10H22.2CH4N2S.2BrH/c4*1-3-5-7-9-10-8-6-4-2;2*2-1(3)4;;/h4*3-10H2,1-2H3;2*(H4,2,3,4);2*1H. The van der Waals surface area contributed by atoms with Crippen molar-refractivity contribution in [3.05, 3.63) is 0 Å². The van der Waals surface area contributed by atoms with Gasteiger partial charge in [-0.05, 0) is 24.4 Å². The number of hydrogen-bond acceptors (Lipinski definition) is 2. The Morgan fingerprint density at radius 1 is 0.240 bits per heavy atom. The van der Waals surface area contributed by atoms with E-state index in [0.29, 0.717) is 0 Å². The quantitative estimate of drug-likeness (QED) is 0.0461. The smallest absolute Gasteiger partial charge is 0.160 e. The molecule has 50 heavy (non-hydrogen) atoms. The lowest BCUT2D eigenvalue weighted by Gasteiger charge is -1.97. The van der Waals surface area contributed by atoms with E-state index in [-0.39, 0.29) is 44.2 Å². The number of hydrogen-bond donors (Lipinski definition) is 4. The molecule has 4 nitrogen and oxygen atoms in total. The summed E-state index contributed by atoms with van der Waals surface area (Å²) >= 11 is 8.19. The van der Waals surface area contributed by atoms with E-state index < -0.39 is 0 Å². The number of rotatable bonds is 28. The zero-order chi connectivity index (χ0) is 37.8. The number of unbranched alkanes of at least 4 members (excludes halogenated alkanes) is 28. The van der Waals surface area contributed by atoms with Gasteiger partial charge in [-0.3, -0.25) is 0 Å². The number of halogens is 2. The molecule has 0 aliphatic rings. The van der Waals surface area contributed by atoms with Crippen molar-refractivity contribution in [2.45, 2.75) is 261 Å². The molecule has 0 saturated carbocycles. The first-order valence-corrected chi connectivity index (χ1v) is 22.0. The third-order valence-electron chi connectivity index (χ3n) is 7.83. The highest BCUT2D eigenvalue weighted by Gasteiger charge is 1.90. The fourth-order valence-electron chi connectivity index (χ4n) is 4.83. The molecular weight excluding hydrogens is 784 g/mol. The second kappa shape index (κ2) is 78.4. The highest BCUT2D eigenvalue weighted by Crippen LogP contribution is 2.10. The molecular formula is C42H98Br2N4S2. The molecule has 0 spiro atoms. The summed E-state index contributed by atoms with van der Waals surface area (Å²) in [7, 11) is 0. The van der Waals surface area contributed by atoms with Gasteiger partial charge in [0.05, 0.1) is 0 Å². The normalized spacial score (nSPS) is 9.12. The zero-order valence-corrected chi connectivity index (χ0v) is 40.6. The fraction of sp³-hybridized carbons (Fsp3) is 0.952. The summed E-state index contributed by atoms with van der Waals surface area (Å²) in [6.07, 6.45) is 45.8. The Bertz CT molecular complexity index is 400. The van der Waals surface area contributed by atoms with Crippen LogP contribution in [0, 0.1) is 0 Å². The van der Waals surface area contributed by atoms with Crippen molar-refractivity contribution in [3.8, 4) is 0 Å². The third-order valence-corrected chi connectivity index (χ3v) is 7.83. The molecule has 0 amide bonds. The number of thiocarbonyl (C=S) groups is 2. The summed E-state index contributed by atoms with van der Waals surface area (Å²) in [4.78, 5) is 0. The fourth-order valence-corrected chi connectivity index (χ4v) is 4.83. The van der Waals surface area contributed by atoms with Gasteiger partial charge in [-0.2, -0.15) is 0 Å². The van der Waals surface area contributed by atoms with Gasteiger partial charge < -0.3 is 22.9 Å². The summed E-state index contributed by atoms with van der Waals surface area (Å²) in [6, 6.07) is 0. The topological polar surface area (TPSA) is 104 Å². The minimum Gasteiger partial charge on any atom is -0.377 e. The lowest BCUT2D eigenvalue weighted by Crippen LogP contribution is -2.18. The summed E-state index contributed by atoms with van der Waals surface area (Å²) in [5, 5.41) is 0.000000000000000444. The maximum Gasteiger partial charge on any atom is 0.160 e. The van der Waals surface area contributed by atoms with E-state index in [1.165, 1.54) is 205 Å². The van der Waals surface area contributed by atoms with Crippen LogP contribution in [0.4, 0.5) is 0 Å². The van der Waals surface area contributed by atoms with E-state index in [1.54, 1.807) is 0 Å². The molecule has 0 unspecified atom stereocenters. The SMILES string of the molecule is Br.Br.CCCCCCCCCC.CCCCCCCCCC.CCCCCCCCCC.CCCCCCCCCC.NC(N)=S.NC(N)=S. The number of nitrogens with two attached hydrogens (primary N) is 4. The van der Waals surface area contributed by atoms with Crippen LogP contribution in [-0.4, -0.2) is 10.2 Å². The highest BCUT2D eigenvalue weighted by atomic mass is 79.9. The van der Waals surface area contributed by atoms with Crippen LogP contribution in [0.5, 0.6) is 0 Å². The third kappa shape index (κ3) is 135. The van der Waals surface area contributed by atoms with Crippen LogP contribution in [0.15, 0.2) is 0 Å². The molecule has 0 atom stereocenters. The van der Waals surface area contributed by atoms with Crippen molar-refractivity contribution in [3.63, 3.8) is 0 Å². The Balaban J connectivity index is -0.0000000721. The van der Waals surface area contributed by atoms with Gasteiger partial charge in [0.2, 0.25) is 0 Å². The van der Waals surface area contributed by atoms with Crippen LogP contribution < -0.4 is 22.9 Å². The van der Waals surface area contributed by atoms with Gasteiger partial charge in [0.25, 0.3) is 0 Å². The Morgan fingerprint density at radius 3 is 0.360 bits per heavy atom. The van der Waals surface area contributed by atoms with E-state index >= 15 is 0 Å². The molecule has 0 radical (unpaired) electrons. The predicted molar refractivity (Wildman–Crippen MR) is 256 cm³/mol. The van der Waals surface area contributed by atoms with Gasteiger partial charge in [0.1, 0.15) is 0 Å². The molecule has 8 heteroatoms. The van der Waals surface area contributed by atoms with Crippen LogP contribution in [-0.2, 0) is 0 Å². The van der Waals surface area contributed by atoms with Crippen molar-refractivity contribution in [1.82, 2.24) is 0 Å². The molecule has 0 aliphatic heterocycles. The largest absolute Gasteiger partial charge is 0.377 e. The van der Waals surface area contributed by atoms with Gasteiger partial charge >= 0.3 is 0 Å². The van der Waals surface area contributed by atoms with E-state index in [0.717, 1.165) is 0 Å². The molecule has 8 N–H and O–H groups in total. The Labute approximate surface area is 350 Å². The predicted octanol–water partition coefficient (Wildman–Crippen LogP) is 16.1. The molecule has 0 aromatic heterocycles. The first-order valence-electron chi connectivity index (χ1n) is 21.2. The van der Waals surface area contributed by atoms with Crippen molar-refractivity contribution in [2.24, 2.45) is 22.9 Å². The average Bonchev–Trinajstić information content (AvgIpc) is 3.04. The molecule has 0 bridgehead atoms. The van der Waals surface area contributed by atoms with Crippen molar-refractivity contribution in [2.75, 3.05) is 0 Å². The zero-order valence-electron chi connectivity index (χ0n) is 35.6. The molecule has 0 aromatic carbocycles. The Morgan fingerprint density at radius 2 is 0.300 bits per heavy atom. The van der Waals surface area contributed by atoms with E-state index in [9.17, 15) is 0 Å². The maximum absolute atomic E-state index is 4.62. The van der Waals surface area contributed by atoms with E-state index in [4.69, 9.17) is 0 Å². The molecule has 0 fully saturated rings. The Kier molecular flexibility index (Phi) is 107. The van der Waals surface area contributed by atoms with Gasteiger partial charge in [-0.25, -0.2) is 0 Å². The first kappa shape index (κ1) is 68.4. The first-order chi connectivity index (χ1) is 23.1. The van der Waals surface area contributed by atoms with Crippen molar-refractivity contribution < 1.29 is 0 Å². The minimum absolute atomic E-state index is 0. The molecule has 312 valence electrons. The lowest BCUT2D eigenvalue weighted by atomic mass is 10.1. The van der Waals surface area contributed by atoms with Gasteiger partial charge in [-0.15, -0.1) is 34.0 Å². The molecule has 0 rings (SSSR count). The van der Waals surface area contributed by atoms with Crippen LogP contribution >= 0.6 is 58.4 Å². The summed E-state index contributed by atoms with van der Waals surface area (Å²) < 4.78 is 0. The lowest BCUT2D eigenvalue weighted by molar-refractivity contribution is 0.585. The average molecular weight is 883 g/mol. The van der Waals surface area contributed by atoms with Gasteiger partial charge in [-0.1, -0.05) is 261 Å². The molecule has 0 aromatic rings. The summed E-state index contributed by atoms with van der Waals surface area (Å²) in [6.45, 7) is 18.2. The molecule has 0 aliphatic carbocycles. The van der Waals surface area contributed by atoms with Gasteiger partial charge in [0.15, 0.2) is 10.2 Å². The van der Waals surface area contributed by atoms with Crippen LogP contribution in [0.25, 0.3) is 0 Å². The Hall–Kier alpha value is 0.340.